The monoisotopic (exact) mass is 293 g/mol. The van der Waals surface area contributed by atoms with Gasteiger partial charge in [0.05, 0.1) is 10.6 Å². The average Bonchev–Trinajstić information content (AvgIpc) is 2.64. The van der Waals surface area contributed by atoms with Crippen molar-refractivity contribution in [1.82, 2.24) is 19.7 Å². The lowest BCUT2D eigenvalue weighted by Crippen LogP contribution is -2.13. The predicted molar refractivity (Wildman–Crippen MR) is 74.0 cm³/mol. The van der Waals surface area contributed by atoms with Gasteiger partial charge in [0.2, 0.25) is 5.95 Å². The highest BCUT2D eigenvalue weighted by Gasteiger charge is 2.26. The molecule has 3 N–H and O–H groups in total. The van der Waals surface area contributed by atoms with Crippen molar-refractivity contribution in [3.8, 4) is 11.6 Å². The van der Waals surface area contributed by atoms with Crippen molar-refractivity contribution in [2.45, 2.75) is 20.8 Å². The van der Waals surface area contributed by atoms with Crippen LogP contribution in [0.4, 0.5) is 11.6 Å². The number of nitrogens with one attached hydrogen (secondary N) is 1. The second kappa shape index (κ2) is 5.32. The molecule has 10 heteroatoms. The van der Waals surface area contributed by atoms with Gasteiger partial charge in [-0.3, -0.25) is 20.2 Å². The molecule has 0 saturated heterocycles. The molecule has 0 aliphatic rings. The van der Waals surface area contributed by atoms with Crippen LogP contribution in [0.2, 0.25) is 0 Å². The third kappa shape index (κ3) is 2.60. The van der Waals surface area contributed by atoms with E-state index in [0.717, 1.165) is 5.69 Å². The third-order valence-corrected chi connectivity index (χ3v) is 2.98. The van der Waals surface area contributed by atoms with Crippen molar-refractivity contribution in [1.29, 1.82) is 0 Å². The topological polar surface area (TPSA) is 134 Å². The molecule has 2 heterocycles. The van der Waals surface area contributed by atoms with Gasteiger partial charge in [0.15, 0.2) is 5.75 Å². The number of anilines is 1. The van der Waals surface area contributed by atoms with Crippen LogP contribution in [0.1, 0.15) is 17.1 Å². The summed E-state index contributed by atoms with van der Waals surface area (Å²) in [5.74, 6) is 5.53. The molecule has 10 nitrogen and oxygen atoms in total. The normalized spacial score (nSPS) is 10.5. The Balaban J connectivity index is 2.57. The molecule has 0 saturated carbocycles. The Morgan fingerprint density at radius 1 is 1.29 bits per heavy atom. The maximum atomic E-state index is 11.2. The lowest BCUT2D eigenvalue weighted by Gasteiger charge is -2.08. The van der Waals surface area contributed by atoms with E-state index in [0.29, 0.717) is 11.4 Å². The van der Waals surface area contributed by atoms with Crippen molar-refractivity contribution in [2.75, 3.05) is 5.43 Å². The molecule has 0 aliphatic carbocycles. The van der Waals surface area contributed by atoms with Gasteiger partial charge in [0.25, 0.3) is 0 Å². The first kappa shape index (κ1) is 14.7. The number of nitrogens with two attached hydrogens (primary N) is 1. The Labute approximate surface area is 120 Å². The number of aryl methyl sites for hydroxylation is 3. The van der Waals surface area contributed by atoms with Crippen molar-refractivity contribution in [3.63, 3.8) is 0 Å². The fraction of sp³-hybridized carbons (Fsp3) is 0.364. The molecule has 0 spiro atoms. The van der Waals surface area contributed by atoms with Gasteiger partial charge in [-0.05, 0) is 20.8 Å². The van der Waals surface area contributed by atoms with Crippen LogP contribution < -0.4 is 16.0 Å². The molecule has 0 bridgehead atoms. The van der Waals surface area contributed by atoms with Gasteiger partial charge in [-0.2, -0.15) is 10.1 Å². The average molecular weight is 293 g/mol. The second-order valence-corrected chi connectivity index (χ2v) is 4.41. The van der Waals surface area contributed by atoms with Crippen LogP contribution in [0.25, 0.3) is 0 Å². The zero-order valence-electron chi connectivity index (χ0n) is 12.0. The lowest BCUT2D eigenvalue weighted by atomic mass is 10.3. The molecule has 2 rings (SSSR count). The highest BCUT2D eigenvalue weighted by atomic mass is 16.6. The van der Waals surface area contributed by atoms with Crippen LogP contribution in [-0.2, 0) is 7.05 Å². The van der Waals surface area contributed by atoms with Crippen LogP contribution in [0.3, 0.4) is 0 Å². The number of hydrogen-bond acceptors (Lipinski definition) is 8. The van der Waals surface area contributed by atoms with Crippen LogP contribution in [0, 0.1) is 30.9 Å². The van der Waals surface area contributed by atoms with Gasteiger partial charge < -0.3 is 4.74 Å². The third-order valence-electron chi connectivity index (χ3n) is 2.98. The number of nitrogens with zero attached hydrogens (tertiary/aromatic N) is 5. The van der Waals surface area contributed by atoms with E-state index in [2.05, 4.69) is 20.5 Å². The maximum Gasteiger partial charge on any atom is 0.352 e. The summed E-state index contributed by atoms with van der Waals surface area (Å²) >= 11 is 0. The van der Waals surface area contributed by atoms with Gasteiger partial charge in [0.1, 0.15) is 11.4 Å². The van der Waals surface area contributed by atoms with Crippen LogP contribution in [0.5, 0.6) is 11.6 Å². The van der Waals surface area contributed by atoms with Gasteiger partial charge in [0, 0.05) is 7.05 Å². The lowest BCUT2D eigenvalue weighted by molar-refractivity contribution is -0.386. The van der Waals surface area contributed by atoms with Gasteiger partial charge in [-0.15, -0.1) is 0 Å². The van der Waals surface area contributed by atoms with Crippen molar-refractivity contribution < 1.29 is 9.66 Å². The number of nitro groups is 1. The summed E-state index contributed by atoms with van der Waals surface area (Å²) in [5.41, 5.74) is 3.41. The Hall–Kier alpha value is -2.75. The number of ether oxygens (including phenoxy) is 1. The SMILES string of the molecule is Cc1nn(C)c(C)c1Oc1nc(NN)nc(C)c1[N+](=O)[O-]. The number of aromatic nitrogens is 4. The van der Waals surface area contributed by atoms with E-state index in [1.165, 1.54) is 6.92 Å². The molecule has 0 fully saturated rings. The van der Waals surface area contributed by atoms with E-state index in [-0.39, 0.29) is 23.2 Å². The highest BCUT2D eigenvalue weighted by molar-refractivity contribution is 5.51. The molecule has 2 aromatic rings. The Morgan fingerprint density at radius 3 is 2.43 bits per heavy atom. The smallest absolute Gasteiger partial charge is 0.352 e. The summed E-state index contributed by atoms with van der Waals surface area (Å²) in [7, 11) is 1.75. The second-order valence-electron chi connectivity index (χ2n) is 4.41. The Kier molecular flexibility index (Phi) is 3.72. The summed E-state index contributed by atoms with van der Waals surface area (Å²) < 4.78 is 7.22. The predicted octanol–water partition coefficient (Wildman–Crippen LogP) is 1.12. The van der Waals surface area contributed by atoms with E-state index in [4.69, 9.17) is 10.6 Å². The van der Waals surface area contributed by atoms with Crippen molar-refractivity contribution in [3.05, 3.63) is 27.2 Å². The maximum absolute atomic E-state index is 11.2. The number of rotatable bonds is 4. The molecule has 0 aliphatic heterocycles. The van der Waals surface area contributed by atoms with E-state index < -0.39 is 4.92 Å². The number of hydrogen-bond donors (Lipinski definition) is 2. The largest absolute Gasteiger partial charge is 0.430 e. The minimum atomic E-state index is -0.591. The molecule has 0 atom stereocenters. The minimum Gasteiger partial charge on any atom is -0.430 e. The molecule has 2 aromatic heterocycles. The fourth-order valence-corrected chi connectivity index (χ4v) is 1.89. The Bertz CT molecular complexity index is 710. The van der Waals surface area contributed by atoms with E-state index >= 15 is 0 Å². The minimum absolute atomic E-state index is 0.0345. The molecular weight excluding hydrogens is 278 g/mol. The van der Waals surface area contributed by atoms with E-state index in [9.17, 15) is 10.1 Å². The van der Waals surface area contributed by atoms with Gasteiger partial charge >= 0.3 is 11.6 Å². The summed E-state index contributed by atoms with van der Waals surface area (Å²) in [6.07, 6.45) is 0. The van der Waals surface area contributed by atoms with E-state index in [1.807, 2.05) is 0 Å². The zero-order chi connectivity index (χ0) is 15.7. The first-order chi connectivity index (χ1) is 9.85. The number of hydrazine groups is 1. The van der Waals surface area contributed by atoms with Gasteiger partial charge in [-0.25, -0.2) is 10.8 Å². The zero-order valence-corrected chi connectivity index (χ0v) is 12.0. The van der Waals surface area contributed by atoms with Crippen LogP contribution >= 0.6 is 0 Å². The summed E-state index contributed by atoms with van der Waals surface area (Å²) in [6, 6.07) is 0. The van der Waals surface area contributed by atoms with Crippen molar-refractivity contribution in [2.24, 2.45) is 12.9 Å². The number of nitrogen functional groups attached to an aromatic ring is 1. The summed E-state index contributed by atoms with van der Waals surface area (Å²) in [4.78, 5) is 18.4. The molecule has 112 valence electrons. The van der Waals surface area contributed by atoms with Gasteiger partial charge in [-0.1, -0.05) is 0 Å². The highest BCUT2D eigenvalue weighted by Crippen LogP contribution is 2.34. The molecule has 21 heavy (non-hydrogen) atoms. The quantitative estimate of drug-likeness (QED) is 0.486. The molecule has 0 amide bonds. The molecule has 0 radical (unpaired) electrons. The summed E-state index contributed by atoms with van der Waals surface area (Å²) in [5, 5.41) is 15.4. The molecule has 0 unspecified atom stereocenters. The molecular formula is C11H15N7O3. The molecule has 0 aromatic carbocycles. The summed E-state index contributed by atoms with van der Waals surface area (Å²) in [6.45, 7) is 5.01. The van der Waals surface area contributed by atoms with Crippen LogP contribution in [0.15, 0.2) is 0 Å². The fourth-order valence-electron chi connectivity index (χ4n) is 1.89. The Morgan fingerprint density at radius 2 is 1.95 bits per heavy atom. The van der Waals surface area contributed by atoms with Crippen molar-refractivity contribution >= 4 is 11.6 Å². The van der Waals surface area contributed by atoms with Crippen LogP contribution in [-0.4, -0.2) is 24.7 Å². The van der Waals surface area contributed by atoms with E-state index in [1.54, 1.807) is 25.6 Å². The standard InChI is InChI=1S/C11H15N7O3/c1-5-8(18(19)20)10(14-11(13-5)15-12)21-9-6(2)16-17(4)7(9)3/h12H2,1-4H3,(H,13,14,15). The first-order valence-corrected chi connectivity index (χ1v) is 6.02. The first-order valence-electron chi connectivity index (χ1n) is 6.02.